The first-order valence-corrected chi connectivity index (χ1v) is 5.64. The summed E-state index contributed by atoms with van der Waals surface area (Å²) >= 11 is 5.85. The molecule has 1 aliphatic heterocycles. The van der Waals surface area contributed by atoms with E-state index < -0.39 is 0 Å². The first kappa shape index (κ1) is 10.3. The SMILES string of the molecule is O=C1CC(Nc2nc3ccc(Cl)cn3n2)CN1. The second-order valence-electron chi connectivity index (χ2n) is 3.93. The summed E-state index contributed by atoms with van der Waals surface area (Å²) in [7, 11) is 0. The van der Waals surface area contributed by atoms with Crippen LogP contribution >= 0.6 is 11.6 Å². The van der Waals surface area contributed by atoms with Crippen molar-refractivity contribution >= 4 is 29.1 Å². The molecule has 2 aromatic rings. The molecule has 6 nitrogen and oxygen atoms in total. The van der Waals surface area contributed by atoms with Crippen molar-refractivity contribution in [3.05, 3.63) is 23.4 Å². The van der Waals surface area contributed by atoms with Gasteiger partial charge in [-0.2, -0.15) is 4.98 Å². The number of hydrogen-bond acceptors (Lipinski definition) is 4. The van der Waals surface area contributed by atoms with Crippen LogP contribution in [0.15, 0.2) is 18.3 Å². The summed E-state index contributed by atoms with van der Waals surface area (Å²) in [5.41, 5.74) is 0.717. The van der Waals surface area contributed by atoms with E-state index in [2.05, 4.69) is 20.7 Å². The lowest BCUT2D eigenvalue weighted by Crippen LogP contribution is -2.22. The van der Waals surface area contributed by atoms with Gasteiger partial charge in [-0.3, -0.25) is 4.79 Å². The lowest BCUT2D eigenvalue weighted by molar-refractivity contribution is -0.119. The molecular formula is C10H10ClN5O. The summed E-state index contributed by atoms with van der Waals surface area (Å²) in [6, 6.07) is 3.60. The number of carbonyl (C=O) groups is 1. The van der Waals surface area contributed by atoms with E-state index >= 15 is 0 Å². The highest BCUT2D eigenvalue weighted by Gasteiger charge is 2.22. The Kier molecular flexibility index (Phi) is 2.36. The zero-order chi connectivity index (χ0) is 11.8. The number of pyridine rings is 1. The van der Waals surface area contributed by atoms with E-state index in [1.807, 2.05) is 0 Å². The standard InChI is InChI=1S/C10H10ClN5O/c11-6-1-2-8-14-10(15-16(8)5-6)13-7-3-9(17)12-4-7/h1-2,5,7H,3-4H2,(H,12,17)(H,13,15). The van der Waals surface area contributed by atoms with E-state index in [1.54, 1.807) is 22.8 Å². The minimum atomic E-state index is 0.0503. The summed E-state index contributed by atoms with van der Waals surface area (Å²) in [6.45, 7) is 0.606. The Morgan fingerprint density at radius 3 is 3.18 bits per heavy atom. The van der Waals surface area contributed by atoms with Crippen LogP contribution in [0, 0.1) is 0 Å². The van der Waals surface area contributed by atoms with E-state index in [4.69, 9.17) is 11.6 Å². The first-order chi connectivity index (χ1) is 8.20. The van der Waals surface area contributed by atoms with Crippen molar-refractivity contribution in [2.24, 2.45) is 0 Å². The van der Waals surface area contributed by atoms with Gasteiger partial charge in [0.2, 0.25) is 11.9 Å². The fraction of sp³-hybridized carbons (Fsp3) is 0.300. The molecular weight excluding hydrogens is 242 g/mol. The molecule has 0 saturated carbocycles. The van der Waals surface area contributed by atoms with Gasteiger partial charge in [-0.15, -0.1) is 5.10 Å². The highest BCUT2D eigenvalue weighted by Crippen LogP contribution is 2.13. The third-order valence-corrected chi connectivity index (χ3v) is 2.83. The number of carbonyl (C=O) groups excluding carboxylic acids is 1. The number of halogens is 1. The van der Waals surface area contributed by atoms with E-state index in [0.717, 1.165) is 0 Å². The van der Waals surface area contributed by atoms with Crippen LogP contribution in [-0.4, -0.2) is 33.1 Å². The molecule has 1 aliphatic rings. The average molecular weight is 252 g/mol. The van der Waals surface area contributed by atoms with Crippen LogP contribution in [0.1, 0.15) is 6.42 Å². The van der Waals surface area contributed by atoms with Crippen molar-refractivity contribution in [3.8, 4) is 0 Å². The molecule has 3 rings (SSSR count). The van der Waals surface area contributed by atoms with Gasteiger partial charge in [-0.25, -0.2) is 4.52 Å². The van der Waals surface area contributed by atoms with E-state index in [9.17, 15) is 4.79 Å². The van der Waals surface area contributed by atoms with Gasteiger partial charge in [0.05, 0.1) is 11.1 Å². The lowest BCUT2D eigenvalue weighted by atomic mass is 10.3. The van der Waals surface area contributed by atoms with E-state index in [-0.39, 0.29) is 11.9 Å². The average Bonchev–Trinajstić information content (AvgIpc) is 2.84. The van der Waals surface area contributed by atoms with Gasteiger partial charge in [0.1, 0.15) is 0 Å². The van der Waals surface area contributed by atoms with Crippen LogP contribution in [0.5, 0.6) is 0 Å². The smallest absolute Gasteiger partial charge is 0.243 e. The molecule has 3 heterocycles. The lowest BCUT2D eigenvalue weighted by Gasteiger charge is -2.06. The summed E-state index contributed by atoms with van der Waals surface area (Å²) < 4.78 is 1.61. The molecule has 0 spiro atoms. The number of nitrogens with zero attached hydrogens (tertiary/aromatic N) is 3. The predicted molar refractivity (Wildman–Crippen MR) is 63.0 cm³/mol. The largest absolute Gasteiger partial charge is 0.354 e. The molecule has 17 heavy (non-hydrogen) atoms. The monoisotopic (exact) mass is 251 g/mol. The van der Waals surface area contributed by atoms with Crippen LogP contribution in [0.4, 0.5) is 5.95 Å². The Hall–Kier alpha value is -1.82. The minimum Gasteiger partial charge on any atom is -0.354 e. The molecule has 0 aliphatic carbocycles. The molecule has 7 heteroatoms. The summed E-state index contributed by atoms with van der Waals surface area (Å²) in [5, 5.41) is 10.7. The van der Waals surface area contributed by atoms with Gasteiger partial charge in [0.25, 0.3) is 0 Å². The quantitative estimate of drug-likeness (QED) is 0.824. The van der Waals surface area contributed by atoms with Gasteiger partial charge >= 0.3 is 0 Å². The Labute approximate surface area is 102 Å². The Balaban J connectivity index is 1.83. The fourth-order valence-corrected chi connectivity index (χ4v) is 1.96. The molecule has 0 aromatic carbocycles. The molecule has 0 bridgehead atoms. The second-order valence-corrected chi connectivity index (χ2v) is 4.37. The van der Waals surface area contributed by atoms with Crippen molar-refractivity contribution in [1.29, 1.82) is 0 Å². The van der Waals surface area contributed by atoms with Crippen molar-refractivity contribution < 1.29 is 4.79 Å². The number of hydrogen-bond donors (Lipinski definition) is 2. The number of rotatable bonds is 2. The van der Waals surface area contributed by atoms with Crippen molar-refractivity contribution in [2.75, 3.05) is 11.9 Å². The van der Waals surface area contributed by atoms with Crippen molar-refractivity contribution in [3.63, 3.8) is 0 Å². The Morgan fingerprint density at radius 1 is 1.53 bits per heavy atom. The van der Waals surface area contributed by atoms with Gasteiger partial charge in [0, 0.05) is 19.2 Å². The third-order valence-electron chi connectivity index (χ3n) is 2.61. The van der Waals surface area contributed by atoms with Crippen LogP contribution in [0.25, 0.3) is 5.65 Å². The number of fused-ring (bicyclic) bond motifs is 1. The molecule has 1 atom stereocenters. The van der Waals surface area contributed by atoms with Gasteiger partial charge < -0.3 is 10.6 Å². The predicted octanol–water partition coefficient (Wildman–Crippen LogP) is 0.683. The van der Waals surface area contributed by atoms with Crippen molar-refractivity contribution in [1.82, 2.24) is 19.9 Å². The Morgan fingerprint density at radius 2 is 2.41 bits per heavy atom. The van der Waals surface area contributed by atoms with Crippen LogP contribution < -0.4 is 10.6 Å². The van der Waals surface area contributed by atoms with Gasteiger partial charge in [0.15, 0.2) is 5.65 Å². The molecule has 2 aromatic heterocycles. The minimum absolute atomic E-state index is 0.0503. The van der Waals surface area contributed by atoms with Crippen molar-refractivity contribution in [2.45, 2.75) is 12.5 Å². The first-order valence-electron chi connectivity index (χ1n) is 5.26. The van der Waals surface area contributed by atoms with Gasteiger partial charge in [-0.05, 0) is 12.1 Å². The normalized spacial score (nSPS) is 19.6. The zero-order valence-corrected chi connectivity index (χ0v) is 9.61. The number of amides is 1. The number of aromatic nitrogens is 3. The molecule has 1 amide bonds. The summed E-state index contributed by atoms with van der Waals surface area (Å²) in [5.74, 6) is 0.558. The fourth-order valence-electron chi connectivity index (χ4n) is 1.81. The maximum atomic E-state index is 11.0. The number of nitrogens with one attached hydrogen (secondary N) is 2. The summed E-state index contributed by atoms with van der Waals surface area (Å²) in [4.78, 5) is 15.3. The highest BCUT2D eigenvalue weighted by atomic mass is 35.5. The van der Waals surface area contributed by atoms with Crippen LogP contribution in [-0.2, 0) is 4.79 Å². The van der Waals surface area contributed by atoms with Gasteiger partial charge in [-0.1, -0.05) is 11.6 Å². The van der Waals surface area contributed by atoms with Crippen LogP contribution in [0.2, 0.25) is 5.02 Å². The molecule has 1 saturated heterocycles. The topological polar surface area (TPSA) is 71.3 Å². The maximum Gasteiger partial charge on any atom is 0.243 e. The summed E-state index contributed by atoms with van der Waals surface area (Å²) in [6.07, 6.45) is 2.14. The molecule has 2 N–H and O–H groups in total. The molecule has 88 valence electrons. The van der Waals surface area contributed by atoms with E-state index in [0.29, 0.717) is 29.6 Å². The molecule has 0 radical (unpaired) electrons. The maximum absolute atomic E-state index is 11.0. The molecule has 1 fully saturated rings. The second kappa shape index (κ2) is 3.89. The zero-order valence-electron chi connectivity index (χ0n) is 8.85. The highest BCUT2D eigenvalue weighted by molar-refractivity contribution is 6.30. The third kappa shape index (κ3) is 2.03. The van der Waals surface area contributed by atoms with Crippen LogP contribution in [0.3, 0.4) is 0 Å². The number of anilines is 1. The molecule has 1 unspecified atom stereocenters. The Bertz CT molecular complexity index is 581. The van der Waals surface area contributed by atoms with E-state index in [1.165, 1.54) is 0 Å².